The Morgan fingerprint density at radius 3 is 2.56 bits per heavy atom. The van der Waals surface area contributed by atoms with Crippen LogP contribution in [0.2, 0.25) is 0 Å². The fourth-order valence-corrected chi connectivity index (χ4v) is 1.29. The van der Waals surface area contributed by atoms with E-state index in [1.165, 1.54) is 6.08 Å². The number of nitriles is 2. The molecule has 1 aromatic carbocycles. The first kappa shape index (κ1) is 13.5. The smallest absolute Gasteiger partial charge is 0.245 e. The van der Waals surface area contributed by atoms with Gasteiger partial charge < -0.3 is 5.32 Å². The van der Waals surface area contributed by atoms with Crippen molar-refractivity contribution in [3.05, 3.63) is 41.5 Å². The molecule has 1 atom stereocenters. The van der Waals surface area contributed by atoms with E-state index in [1.54, 1.807) is 30.3 Å². The minimum absolute atomic E-state index is 0.298. The summed E-state index contributed by atoms with van der Waals surface area (Å²) in [5.74, 6) is -0.298. The number of amides is 1. The number of nitrogens with one attached hydrogen (secondary N) is 1. The normalized spacial score (nSPS) is 11.5. The molecule has 1 rings (SSSR count). The second kappa shape index (κ2) is 6.88. The van der Waals surface area contributed by atoms with Gasteiger partial charge in [0.25, 0.3) is 0 Å². The maximum absolute atomic E-state index is 11.5. The molecule has 0 aliphatic heterocycles. The van der Waals surface area contributed by atoms with Gasteiger partial charge in [0, 0.05) is 6.08 Å². The number of carbonyl (C=O) groups excluding carboxylic acids is 1. The molecule has 1 aromatic rings. The van der Waals surface area contributed by atoms with Crippen molar-refractivity contribution in [3.8, 4) is 12.1 Å². The summed E-state index contributed by atoms with van der Waals surface area (Å²) in [6.45, 7) is 1.83. The molecular formula is C14H13N3O. The van der Waals surface area contributed by atoms with Crippen LogP contribution in [0.3, 0.4) is 0 Å². The van der Waals surface area contributed by atoms with Crippen LogP contribution < -0.4 is 5.32 Å². The Balaban J connectivity index is 2.61. The topological polar surface area (TPSA) is 76.7 Å². The fourth-order valence-electron chi connectivity index (χ4n) is 1.29. The minimum atomic E-state index is -0.455. The standard InChI is InChI=1S/C14H13N3O/c1-2-13(10-16)17-14(18)8-7-11-3-5-12(9-15)6-4-11/h3-8,13H,2H2,1H3,(H,17,18)/b8-7+. The highest BCUT2D eigenvalue weighted by atomic mass is 16.1. The first-order chi connectivity index (χ1) is 8.69. The molecule has 0 radical (unpaired) electrons. The molecule has 0 fully saturated rings. The molecule has 0 aromatic heterocycles. The Bertz CT molecular complexity index is 517. The van der Waals surface area contributed by atoms with Gasteiger partial charge in [-0.1, -0.05) is 19.1 Å². The highest BCUT2D eigenvalue weighted by Crippen LogP contribution is 2.05. The Morgan fingerprint density at radius 2 is 2.06 bits per heavy atom. The molecule has 4 heteroatoms. The second-order valence-electron chi connectivity index (χ2n) is 3.67. The molecule has 90 valence electrons. The van der Waals surface area contributed by atoms with Crippen LogP contribution in [0.1, 0.15) is 24.5 Å². The fraction of sp³-hybridized carbons (Fsp3) is 0.214. The van der Waals surface area contributed by atoms with E-state index in [9.17, 15) is 4.79 Å². The number of carbonyl (C=O) groups is 1. The molecular weight excluding hydrogens is 226 g/mol. The van der Waals surface area contributed by atoms with Crippen molar-refractivity contribution in [1.29, 1.82) is 10.5 Å². The van der Waals surface area contributed by atoms with Crippen LogP contribution in [0, 0.1) is 22.7 Å². The van der Waals surface area contributed by atoms with E-state index in [1.807, 2.05) is 19.1 Å². The van der Waals surface area contributed by atoms with Crippen LogP contribution in [-0.4, -0.2) is 11.9 Å². The average Bonchev–Trinajstić information content (AvgIpc) is 2.43. The van der Waals surface area contributed by atoms with Crippen molar-refractivity contribution in [3.63, 3.8) is 0 Å². The molecule has 18 heavy (non-hydrogen) atoms. The summed E-state index contributed by atoms with van der Waals surface area (Å²) >= 11 is 0. The Morgan fingerprint density at radius 1 is 1.39 bits per heavy atom. The van der Waals surface area contributed by atoms with Crippen molar-refractivity contribution < 1.29 is 4.79 Å². The van der Waals surface area contributed by atoms with Crippen molar-refractivity contribution in [2.75, 3.05) is 0 Å². The van der Waals surface area contributed by atoms with Crippen LogP contribution in [0.5, 0.6) is 0 Å². The quantitative estimate of drug-likeness (QED) is 0.816. The van der Waals surface area contributed by atoms with E-state index in [0.717, 1.165) is 5.56 Å². The van der Waals surface area contributed by atoms with E-state index in [0.29, 0.717) is 12.0 Å². The van der Waals surface area contributed by atoms with Gasteiger partial charge in [0.15, 0.2) is 0 Å². The van der Waals surface area contributed by atoms with Crippen LogP contribution in [0.25, 0.3) is 6.08 Å². The average molecular weight is 239 g/mol. The number of hydrogen-bond acceptors (Lipinski definition) is 3. The number of rotatable bonds is 4. The summed E-state index contributed by atoms with van der Waals surface area (Å²) in [7, 11) is 0. The van der Waals surface area contributed by atoms with Gasteiger partial charge in [0.05, 0.1) is 17.7 Å². The zero-order valence-corrected chi connectivity index (χ0v) is 10.1. The van der Waals surface area contributed by atoms with Gasteiger partial charge in [-0.15, -0.1) is 0 Å². The zero-order valence-electron chi connectivity index (χ0n) is 10.1. The molecule has 4 nitrogen and oxygen atoms in total. The van der Waals surface area contributed by atoms with E-state index in [4.69, 9.17) is 10.5 Å². The summed E-state index contributed by atoms with van der Waals surface area (Å²) in [4.78, 5) is 11.5. The SMILES string of the molecule is CCC(C#N)NC(=O)/C=C/c1ccc(C#N)cc1. The molecule has 0 aliphatic rings. The monoisotopic (exact) mass is 239 g/mol. The van der Waals surface area contributed by atoms with E-state index in [-0.39, 0.29) is 5.91 Å². The molecule has 1 amide bonds. The lowest BCUT2D eigenvalue weighted by Gasteiger charge is -2.05. The lowest BCUT2D eigenvalue weighted by atomic mass is 10.1. The van der Waals surface area contributed by atoms with Gasteiger partial charge in [-0.2, -0.15) is 10.5 Å². The Kier molecular flexibility index (Phi) is 5.15. The van der Waals surface area contributed by atoms with Crippen LogP contribution in [0.15, 0.2) is 30.3 Å². The molecule has 0 saturated carbocycles. The molecule has 1 unspecified atom stereocenters. The maximum atomic E-state index is 11.5. The first-order valence-corrected chi connectivity index (χ1v) is 5.58. The second-order valence-corrected chi connectivity index (χ2v) is 3.67. The van der Waals surface area contributed by atoms with Gasteiger partial charge in [-0.05, 0) is 30.2 Å². The third kappa shape index (κ3) is 4.11. The predicted octanol–water partition coefficient (Wildman–Crippen LogP) is 1.99. The third-order valence-corrected chi connectivity index (χ3v) is 2.35. The Hall–Kier alpha value is -2.59. The van der Waals surface area contributed by atoms with Gasteiger partial charge >= 0.3 is 0 Å². The van der Waals surface area contributed by atoms with Crippen molar-refractivity contribution in [2.24, 2.45) is 0 Å². The van der Waals surface area contributed by atoms with Gasteiger partial charge in [-0.25, -0.2) is 0 Å². The molecule has 0 saturated heterocycles. The van der Waals surface area contributed by atoms with Crippen LogP contribution in [-0.2, 0) is 4.79 Å². The van der Waals surface area contributed by atoms with Crippen LogP contribution in [0.4, 0.5) is 0 Å². The molecule has 0 heterocycles. The molecule has 0 aliphatic carbocycles. The van der Waals surface area contributed by atoms with E-state index >= 15 is 0 Å². The molecule has 1 N–H and O–H groups in total. The highest BCUT2D eigenvalue weighted by molar-refractivity contribution is 5.92. The predicted molar refractivity (Wildman–Crippen MR) is 68.0 cm³/mol. The first-order valence-electron chi connectivity index (χ1n) is 5.58. The number of benzene rings is 1. The summed E-state index contributed by atoms with van der Waals surface area (Å²) in [6, 6.07) is 10.4. The van der Waals surface area contributed by atoms with Crippen molar-refractivity contribution >= 4 is 12.0 Å². The van der Waals surface area contributed by atoms with Gasteiger partial charge in [-0.3, -0.25) is 4.79 Å². The third-order valence-electron chi connectivity index (χ3n) is 2.35. The van der Waals surface area contributed by atoms with E-state index < -0.39 is 6.04 Å². The molecule has 0 spiro atoms. The van der Waals surface area contributed by atoms with Crippen molar-refractivity contribution in [1.82, 2.24) is 5.32 Å². The summed E-state index contributed by atoms with van der Waals surface area (Å²) in [6.07, 6.45) is 3.59. The highest BCUT2D eigenvalue weighted by Gasteiger charge is 2.05. The summed E-state index contributed by atoms with van der Waals surface area (Å²) in [5.41, 5.74) is 1.40. The van der Waals surface area contributed by atoms with Gasteiger partial charge in [0.1, 0.15) is 6.04 Å². The lowest BCUT2D eigenvalue weighted by molar-refractivity contribution is -0.116. The summed E-state index contributed by atoms with van der Waals surface area (Å²) in [5, 5.41) is 19.9. The number of nitrogens with zero attached hydrogens (tertiary/aromatic N) is 2. The largest absolute Gasteiger partial charge is 0.337 e. The van der Waals surface area contributed by atoms with Gasteiger partial charge in [0.2, 0.25) is 5.91 Å². The van der Waals surface area contributed by atoms with Crippen LogP contribution >= 0.6 is 0 Å². The molecule has 0 bridgehead atoms. The summed E-state index contributed by atoms with van der Waals surface area (Å²) < 4.78 is 0. The number of hydrogen-bond donors (Lipinski definition) is 1. The zero-order chi connectivity index (χ0) is 13.4. The van der Waals surface area contributed by atoms with Crippen molar-refractivity contribution in [2.45, 2.75) is 19.4 Å². The lowest BCUT2D eigenvalue weighted by Crippen LogP contribution is -2.31. The Labute approximate surface area is 106 Å². The maximum Gasteiger partial charge on any atom is 0.245 e. The minimum Gasteiger partial charge on any atom is -0.337 e. The van der Waals surface area contributed by atoms with E-state index in [2.05, 4.69) is 5.32 Å².